The molecule has 0 saturated carbocycles. The second-order valence-electron chi connectivity index (χ2n) is 5.02. The molecule has 18 heavy (non-hydrogen) atoms. The molecule has 2 heterocycles. The summed E-state index contributed by atoms with van der Waals surface area (Å²) in [4.78, 5) is 4.50. The third-order valence-corrected chi connectivity index (χ3v) is 3.87. The largest absolute Gasteiger partial charge is 0.347 e. The van der Waals surface area contributed by atoms with Gasteiger partial charge in [0, 0.05) is 30.5 Å². The molecule has 2 aromatic carbocycles. The third-order valence-electron chi connectivity index (χ3n) is 3.87. The average molecular weight is 237 g/mol. The van der Waals surface area contributed by atoms with Crippen LogP contribution in [0.3, 0.4) is 0 Å². The Morgan fingerprint density at radius 3 is 2.89 bits per heavy atom. The number of hydrogen-bond donors (Lipinski definition) is 1. The highest BCUT2D eigenvalue weighted by atomic mass is 15.5. The normalized spacial score (nSPS) is 20.2. The van der Waals surface area contributed by atoms with Crippen LogP contribution in [0.15, 0.2) is 42.7 Å². The molecule has 0 spiro atoms. The molecule has 2 aliphatic rings. The molecule has 4 rings (SSSR count). The molecule has 1 N–H and O–H groups in total. The van der Waals surface area contributed by atoms with Gasteiger partial charge in [-0.3, -0.25) is 0 Å². The molecule has 0 saturated heterocycles. The van der Waals surface area contributed by atoms with Crippen molar-refractivity contribution in [3.05, 3.63) is 48.3 Å². The second-order valence-corrected chi connectivity index (χ2v) is 5.02. The van der Waals surface area contributed by atoms with E-state index in [0.717, 1.165) is 0 Å². The fraction of sp³-hybridized carbons (Fsp3) is 0.200. The lowest BCUT2D eigenvalue weighted by Crippen LogP contribution is -2.45. The van der Waals surface area contributed by atoms with Crippen molar-refractivity contribution in [3.8, 4) is 0 Å². The van der Waals surface area contributed by atoms with E-state index in [0.29, 0.717) is 0 Å². The second kappa shape index (κ2) is 3.19. The molecule has 0 amide bonds. The topological polar surface area (TPSA) is 18.5 Å². The summed E-state index contributed by atoms with van der Waals surface area (Å²) < 4.78 is 0. The van der Waals surface area contributed by atoms with Gasteiger partial charge in [0.25, 0.3) is 0 Å². The summed E-state index contributed by atoms with van der Waals surface area (Å²) in [5.41, 5.74) is 3.87. The van der Waals surface area contributed by atoms with Gasteiger partial charge in [0.05, 0.1) is 5.69 Å². The summed E-state index contributed by atoms with van der Waals surface area (Å²) in [5, 5.41) is 6.21. The van der Waals surface area contributed by atoms with Crippen LogP contribution in [0.1, 0.15) is 5.56 Å². The summed E-state index contributed by atoms with van der Waals surface area (Å²) in [6, 6.07) is 10.9. The van der Waals surface area contributed by atoms with Gasteiger partial charge in [-0.15, -0.1) is 0 Å². The van der Waals surface area contributed by atoms with Crippen LogP contribution in [0, 0.1) is 6.92 Å². The Kier molecular flexibility index (Phi) is 1.74. The minimum atomic E-state index is 0.198. The third kappa shape index (κ3) is 1.09. The zero-order valence-corrected chi connectivity index (χ0v) is 10.5. The van der Waals surface area contributed by atoms with Crippen molar-refractivity contribution >= 4 is 22.1 Å². The van der Waals surface area contributed by atoms with E-state index in [-0.39, 0.29) is 6.29 Å². The lowest BCUT2D eigenvalue weighted by molar-refractivity contribution is 0.391. The Hall–Kier alpha value is -2.16. The Balaban J connectivity index is 2.09. The quantitative estimate of drug-likeness (QED) is 0.759. The van der Waals surface area contributed by atoms with Crippen LogP contribution in [-0.2, 0) is 0 Å². The standard InChI is InChI=1S/C15H15N3/c1-10-6-7-11-4-3-5-12-13(11)14(10)18-9-8-17(2)15(18)16-12/h3-9,15-16H,1-2H3. The first-order valence-corrected chi connectivity index (χ1v) is 6.23. The lowest BCUT2D eigenvalue weighted by Gasteiger charge is -2.37. The van der Waals surface area contributed by atoms with Crippen LogP contribution in [-0.4, -0.2) is 18.2 Å². The van der Waals surface area contributed by atoms with Crippen LogP contribution in [0.5, 0.6) is 0 Å². The summed E-state index contributed by atoms with van der Waals surface area (Å²) >= 11 is 0. The first-order valence-electron chi connectivity index (χ1n) is 6.23. The fourth-order valence-electron chi connectivity index (χ4n) is 2.96. The summed E-state index contributed by atoms with van der Waals surface area (Å²) in [6.07, 6.45) is 4.46. The van der Waals surface area contributed by atoms with Crippen molar-refractivity contribution in [3.63, 3.8) is 0 Å². The van der Waals surface area contributed by atoms with Crippen LogP contribution >= 0.6 is 0 Å². The number of hydrogen-bond acceptors (Lipinski definition) is 3. The summed E-state index contributed by atoms with van der Waals surface area (Å²) in [7, 11) is 2.09. The highest BCUT2D eigenvalue weighted by molar-refractivity contribution is 6.06. The first kappa shape index (κ1) is 9.83. The molecule has 2 aromatic rings. The Morgan fingerprint density at radius 1 is 1.11 bits per heavy atom. The SMILES string of the molecule is Cc1ccc2cccc3c2c1N1C=CN(C)C1N3. The zero-order chi connectivity index (χ0) is 12.3. The smallest absolute Gasteiger partial charge is 0.182 e. The van der Waals surface area contributed by atoms with Crippen LogP contribution in [0.25, 0.3) is 10.8 Å². The Morgan fingerprint density at radius 2 is 2.00 bits per heavy atom. The van der Waals surface area contributed by atoms with E-state index < -0.39 is 0 Å². The van der Waals surface area contributed by atoms with E-state index in [1.807, 2.05) is 0 Å². The molecule has 0 bridgehead atoms. The predicted molar refractivity (Wildman–Crippen MR) is 75.5 cm³/mol. The molecule has 0 aromatic heterocycles. The monoisotopic (exact) mass is 237 g/mol. The lowest BCUT2D eigenvalue weighted by atomic mass is 10.0. The van der Waals surface area contributed by atoms with Crippen molar-refractivity contribution in [2.45, 2.75) is 13.2 Å². The van der Waals surface area contributed by atoms with Gasteiger partial charge >= 0.3 is 0 Å². The average Bonchev–Trinajstić information content (AvgIpc) is 2.75. The van der Waals surface area contributed by atoms with Gasteiger partial charge in [-0.2, -0.15) is 0 Å². The van der Waals surface area contributed by atoms with Gasteiger partial charge in [-0.25, -0.2) is 0 Å². The number of nitrogens with zero attached hydrogens (tertiary/aromatic N) is 2. The van der Waals surface area contributed by atoms with Crippen molar-refractivity contribution in [1.29, 1.82) is 0 Å². The van der Waals surface area contributed by atoms with Gasteiger partial charge in [-0.05, 0) is 23.9 Å². The van der Waals surface area contributed by atoms with Crippen molar-refractivity contribution < 1.29 is 0 Å². The highest BCUT2D eigenvalue weighted by Gasteiger charge is 2.31. The number of anilines is 2. The van der Waals surface area contributed by atoms with Crippen LogP contribution in [0.2, 0.25) is 0 Å². The van der Waals surface area contributed by atoms with E-state index in [1.165, 1.54) is 27.7 Å². The molecule has 2 aliphatic heterocycles. The van der Waals surface area contributed by atoms with Gasteiger partial charge in [0.2, 0.25) is 0 Å². The minimum Gasteiger partial charge on any atom is -0.347 e. The summed E-state index contributed by atoms with van der Waals surface area (Å²) in [6.45, 7) is 2.18. The Labute approximate surface area is 106 Å². The number of fused-ring (bicyclic) bond motifs is 2. The summed E-state index contributed by atoms with van der Waals surface area (Å²) in [5.74, 6) is 0. The minimum absolute atomic E-state index is 0.198. The number of nitrogens with one attached hydrogen (secondary N) is 1. The van der Waals surface area contributed by atoms with Crippen molar-refractivity contribution in [1.82, 2.24) is 4.90 Å². The van der Waals surface area contributed by atoms with Crippen LogP contribution in [0.4, 0.5) is 11.4 Å². The molecule has 3 nitrogen and oxygen atoms in total. The maximum atomic E-state index is 3.59. The van der Waals surface area contributed by atoms with E-state index >= 15 is 0 Å². The van der Waals surface area contributed by atoms with E-state index in [2.05, 4.69) is 71.8 Å². The number of rotatable bonds is 0. The predicted octanol–water partition coefficient (Wildman–Crippen LogP) is 3.08. The van der Waals surface area contributed by atoms with Gasteiger partial charge in [0.1, 0.15) is 0 Å². The number of aryl methyl sites for hydroxylation is 1. The Bertz CT molecular complexity index is 675. The molecule has 0 fully saturated rings. The van der Waals surface area contributed by atoms with Crippen LogP contribution < -0.4 is 10.2 Å². The molecular weight excluding hydrogens is 222 g/mol. The zero-order valence-electron chi connectivity index (χ0n) is 10.5. The fourth-order valence-corrected chi connectivity index (χ4v) is 2.96. The van der Waals surface area contributed by atoms with Crippen molar-refractivity contribution in [2.75, 3.05) is 17.3 Å². The highest BCUT2D eigenvalue weighted by Crippen LogP contribution is 2.42. The van der Waals surface area contributed by atoms with Gasteiger partial charge in [-0.1, -0.05) is 24.3 Å². The molecule has 1 atom stereocenters. The molecular formula is C15H15N3. The first-order chi connectivity index (χ1) is 8.75. The van der Waals surface area contributed by atoms with E-state index in [1.54, 1.807) is 0 Å². The van der Waals surface area contributed by atoms with Gasteiger partial charge < -0.3 is 15.1 Å². The van der Waals surface area contributed by atoms with Gasteiger partial charge in [0.15, 0.2) is 6.29 Å². The van der Waals surface area contributed by atoms with E-state index in [9.17, 15) is 0 Å². The molecule has 3 heteroatoms. The van der Waals surface area contributed by atoms with Crippen molar-refractivity contribution in [2.24, 2.45) is 0 Å². The maximum absolute atomic E-state index is 3.59. The maximum Gasteiger partial charge on any atom is 0.182 e. The molecule has 1 unspecified atom stereocenters. The molecule has 0 aliphatic carbocycles. The van der Waals surface area contributed by atoms with E-state index in [4.69, 9.17) is 0 Å². The molecule has 0 radical (unpaired) electrons. The molecule has 90 valence electrons. The number of benzene rings is 2.